The zero-order valence-corrected chi connectivity index (χ0v) is 17.9. The van der Waals surface area contributed by atoms with Crippen LogP contribution in [0.4, 0.5) is 0 Å². The molecule has 1 heterocycles. The Labute approximate surface area is 181 Å². The van der Waals surface area contributed by atoms with Gasteiger partial charge < -0.3 is 16.2 Å². The summed E-state index contributed by atoms with van der Waals surface area (Å²) in [5, 5.41) is 0. The van der Waals surface area contributed by atoms with E-state index in [1.807, 2.05) is 42.5 Å². The molecule has 164 valence electrons. The quantitative estimate of drug-likeness (QED) is 0.367. The van der Waals surface area contributed by atoms with Gasteiger partial charge in [0.2, 0.25) is 0 Å². The van der Waals surface area contributed by atoms with Gasteiger partial charge >= 0.3 is 0 Å². The number of fused-ring (bicyclic) bond motifs is 1. The number of hydrogen-bond acceptors (Lipinski definition) is 4. The first-order chi connectivity index (χ1) is 14.6. The van der Waals surface area contributed by atoms with Gasteiger partial charge in [0.1, 0.15) is 11.4 Å². The molecule has 0 bridgehead atoms. The first kappa shape index (κ1) is 22.5. The number of amides is 1. The van der Waals surface area contributed by atoms with Crippen molar-refractivity contribution < 1.29 is 22.5 Å². The monoisotopic (exact) mass is 443 g/mol. The van der Waals surface area contributed by atoms with Crippen molar-refractivity contribution in [3.63, 3.8) is 0 Å². The molecule has 4 rings (SSSR count). The van der Waals surface area contributed by atoms with E-state index in [4.69, 9.17) is 20.8 Å². The molecule has 9 heteroatoms. The Morgan fingerprint density at radius 2 is 1.74 bits per heavy atom. The third kappa shape index (κ3) is 5.93. The molecule has 1 aliphatic carbocycles. The highest BCUT2D eigenvalue weighted by molar-refractivity contribution is 7.85. The second-order valence-electron chi connectivity index (χ2n) is 7.58. The normalized spacial score (nSPS) is 16.3. The fraction of sp³-hybridized carbons (Fsp3) is 0.273. The molecule has 8 nitrogen and oxygen atoms in total. The zero-order chi connectivity index (χ0) is 22.6. The summed E-state index contributed by atoms with van der Waals surface area (Å²) < 4.78 is 32.2. The van der Waals surface area contributed by atoms with Crippen LogP contribution in [0.1, 0.15) is 47.2 Å². The van der Waals surface area contributed by atoms with Crippen molar-refractivity contribution in [1.29, 1.82) is 0 Å². The van der Waals surface area contributed by atoms with Crippen molar-refractivity contribution >= 4 is 27.6 Å². The maximum Gasteiger partial charge on any atom is 0.280 e. The topological polar surface area (TPSA) is 145 Å². The number of carbonyl (C=O) groups is 1. The lowest BCUT2D eigenvalue weighted by molar-refractivity contribution is 0.100. The SMILES string of the molecule is CS(=O)(=O)O.NC(N)=NC(=O)c1cccc(C2=CC3(CCCC3)Oc3ccccc32)c1. The molecule has 1 aliphatic heterocycles. The number of guanidine groups is 1. The summed E-state index contributed by atoms with van der Waals surface area (Å²) >= 11 is 0. The zero-order valence-electron chi connectivity index (χ0n) is 17.1. The van der Waals surface area contributed by atoms with Crippen molar-refractivity contribution in [2.24, 2.45) is 16.5 Å². The van der Waals surface area contributed by atoms with E-state index in [-0.39, 0.29) is 11.6 Å². The first-order valence-electron chi connectivity index (χ1n) is 9.74. The van der Waals surface area contributed by atoms with Crippen molar-refractivity contribution in [1.82, 2.24) is 0 Å². The summed E-state index contributed by atoms with van der Waals surface area (Å²) in [6, 6.07) is 15.5. The van der Waals surface area contributed by atoms with E-state index in [0.29, 0.717) is 11.8 Å². The van der Waals surface area contributed by atoms with E-state index in [0.717, 1.165) is 48.1 Å². The van der Waals surface area contributed by atoms with E-state index in [9.17, 15) is 13.2 Å². The largest absolute Gasteiger partial charge is 0.483 e. The van der Waals surface area contributed by atoms with Crippen LogP contribution in [0.15, 0.2) is 59.6 Å². The average molecular weight is 444 g/mol. The Morgan fingerprint density at radius 3 is 2.39 bits per heavy atom. The maximum absolute atomic E-state index is 12.2. The van der Waals surface area contributed by atoms with Crippen LogP contribution >= 0.6 is 0 Å². The number of ether oxygens (including phenoxy) is 1. The van der Waals surface area contributed by atoms with E-state index in [1.165, 1.54) is 0 Å². The number of carbonyl (C=O) groups excluding carboxylic acids is 1. The molecule has 1 amide bonds. The number of rotatable bonds is 2. The van der Waals surface area contributed by atoms with Gasteiger partial charge in [0.05, 0.1) is 6.26 Å². The molecule has 0 aromatic heterocycles. The molecule has 0 radical (unpaired) electrons. The van der Waals surface area contributed by atoms with E-state index >= 15 is 0 Å². The molecule has 0 atom stereocenters. The van der Waals surface area contributed by atoms with E-state index in [1.54, 1.807) is 6.07 Å². The van der Waals surface area contributed by atoms with Gasteiger partial charge in [0.25, 0.3) is 16.0 Å². The summed E-state index contributed by atoms with van der Waals surface area (Å²) in [5.74, 6) is 0.220. The predicted molar refractivity (Wildman–Crippen MR) is 119 cm³/mol. The third-order valence-corrected chi connectivity index (χ3v) is 5.00. The molecule has 2 aromatic carbocycles. The standard InChI is InChI=1S/C21H21N3O2.CH4O3S/c22-20(23)24-19(25)15-7-5-6-14(12-15)17-13-21(10-3-4-11-21)26-18-9-2-1-8-16(17)18;1-5(2,3)4/h1-2,5-9,12-13H,3-4,10-11H2,(H4,22,23,24,25);1H3,(H,2,3,4). The second-order valence-corrected chi connectivity index (χ2v) is 9.05. The fourth-order valence-corrected chi connectivity index (χ4v) is 3.83. The molecular weight excluding hydrogens is 418 g/mol. The molecular formula is C22H25N3O5S. The average Bonchev–Trinajstić information content (AvgIpc) is 3.13. The Kier molecular flexibility index (Phi) is 6.47. The summed E-state index contributed by atoms with van der Waals surface area (Å²) in [4.78, 5) is 15.8. The molecule has 5 N–H and O–H groups in total. The Hall–Kier alpha value is -3.17. The fourth-order valence-electron chi connectivity index (χ4n) is 3.83. The molecule has 2 aromatic rings. The van der Waals surface area contributed by atoms with Crippen LogP contribution in [0, 0.1) is 0 Å². The van der Waals surface area contributed by atoms with Gasteiger partial charge in [0, 0.05) is 11.1 Å². The Bertz CT molecular complexity index is 1140. The Balaban J connectivity index is 0.000000491. The number of para-hydroxylation sites is 1. The van der Waals surface area contributed by atoms with Gasteiger partial charge in [-0.15, -0.1) is 0 Å². The number of nitrogens with two attached hydrogens (primary N) is 2. The first-order valence-corrected chi connectivity index (χ1v) is 11.6. The summed E-state index contributed by atoms with van der Waals surface area (Å²) in [7, 11) is -3.67. The van der Waals surface area contributed by atoms with Crippen molar-refractivity contribution in [3.05, 3.63) is 71.3 Å². The number of benzene rings is 2. The van der Waals surface area contributed by atoms with Gasteiger partial charge in [-0.3, -0.25) is 9.35 Å². The molecule has 2 aliphatic rings. The minimum atomic E-state index is -3.67. The molecule has 0 saturated heterocycles. The highest BCUT2D eigenvalue weighted by Gasteiger charge is 2.38. The smallest absolute Gasteiger partial charge is 0.280 e. The van der Waals surface area contributed by atoms with Crippen molar-refractivity contribution in [2.75, 3.05) is 6.26 Å². The van der Waals surface area contributed by atoms with Crippen molar-refractivity contribution in [3.8, 4) is 5.75 Å². The Morgan fingerprint density at radius 1 is 1.10 bits per heavy atom. The highest BCUT2D eigenvalue weighted by Crippen LogP contribution is 2.45. The van der Waals surface area contributed by atoms with Gasteiger partial charge in [-0.25, -0.2) is 0 Å². The van der Waals surface area contributed by atoms with Crippen LogP contribution in [-0.2, 0) is 10.1 Å². The minimum absolute atomic E-state index is 0.235. The van der Waals surface area contributed by atoms with Crippen LogP contribution in [0.2, 0.25) is 0 Å². The van der Waals surface area contributed by atoms with Crippen LogP contribution in [0.25, 0.3) is 5.57 Å². The van der Waals surface area contributed by atoms with Gasteiger partial charge in [-0.05, 0) is 61.1 Å². The number of aliphatic imine (C=N–C) groups is 1. The van der Waals surface area contributed by atoms with E-state index in [2.05, 4.69) is 11.1 Å². The lowest BCUT2D eigenvalue weighted by atomic mass is 9.87. The van der Waals surface area contributed by atoms with Crippen molar-refractivity contribution in [2.45, 2.75) is 31.3 Å². The maximum atomic E-state index is 12.2. The van der Waals surface area contributed by atoms with Crippen LogP contribution in [0.5, 0.6) is 5.75 Å². The molecule has 31 heavy (non-hydrogen) atoms. The minimum Gasteiger partial charge on any atom is -0.483 e. The summed E-state index contributed by atoms with van der Waals surface area (Å²) in [5.41, 5.74) is 14.0. The number of hydrogen-bond donors (Lipinski definition) is 3. The molecule has 1 saturated carbocycles. The summed E-state index contributed by atoms with van der Waals surface area (Å²) in [6.45, 7) is 0. The van der Waals surface area contributed by atoms with Crippen LogP contribution < -0.4 is 16.2 Å². The van der Waals surface area contributed by atoms with Gasteiger partial charge in [-0.1, -0.05) is 30.3 Å². The highest BCUT2D eigenvalue weighted by atomic mass is 32.2. The third-order valence-electron chi connectivity index (χ3n) is 5.00. The molecule has 0 unspecified atom stereocenters. The lowest BCUT2D eigenvalue weighted by Gasteiger charge is -2.34. The number of nitrogens with zero attached hydrogens (tertiary/aromatic N) is 1. The summed E-state index contributed by atoms with van der Waals surface area (Å²) in [6.07, 6.45) is 7.29. The molecule has 1 fully saturated rings. The van der Waals surface area contributed by atoms with E-state index < -0.39 is 16.0 Å². The van der Waals surface area contributed by atoms with Crippen LogP contribution in [-0.4, -0.2) is 36.7 Å². The predicted octanol–water partition coefficient (Wildman–Crippen LogP) is 2.74. The molecule has 1 spiro atoms. The van der Waals surface area contributed by atoms with Gasteiger partial charge in [0.15, 0.2) is 5.96 Å². The van der Waals surface area contributed by atoms with Crippen LogP contribution in [0.3, 0.4) is 0 Å². The second kappa shape index (κ2) is 8.91. The lowest BCUT2D eigenvalue weighted by Crippen LogP contribution is -2.33. The van der Waals surface area contributed by atoms with Gasteiger partial charge in [-0.2, -0.15) is 13.4 Å².